The van der Waals surface area contributed by atoms with Crippen LogP contribution in [0.2, 0.25) is 0 Å². The van der Waals surface area contributed by atoms with Crippen LogP contribution in [0, 0.1) is 11.7 Å². The highest BCUT2D eigenvalue weighted by Gasteiger charge is 2.28. The second kappa shape index (κ2) is 8.84. The summed E-state index contributed by atoms with van der Waals surface area (Å²) in [5, 5.41) is 2.87. The Morgan fingerprint density at radius 3 is 2.39 bits per heavy atom. The third-order valence-electron chi connectivity index (χ3n) is 3.95. The van der Waals surface area contributed by atoms with Gasteiger partial charge in [-0.05, 0) is 37.5 Å². The van der Waals surface area contributed by atoms with E-state index >= 15 is 0 Å². The van der Waals surface area contributed by atoms with E-state index in [1.54, 1.807) is 24.0 Å². The minimum atomic E-state index is -0.496. The lowest BCUT2D eigenvalue weighted by Gasteiger charge is -2.32. The van der Waals surface area contributed by atoms with Gasteiger partial charge < -0.3 is 16.0 Å². The predicted octanol–water partition coefficient (Wildman–Crippen LogP) is 1.45. The molecule has 1 heterocycles. The van der Waals surface area contributed by atoms with Crippen LogP contribution in [0.5, 0.6) is 0 Å². The van der Waals surface area contributed by atoms with Crippen molar-refractivity contribution in [2.24, 2.45) is 11.7 Å². The highest BCUT2D eigenvalue weighted by Crippen LogP contribution is 2.18. The van der Waals surface area contributed by atoms with Gasteiger partial charge in [-0.25, -0.2) is 4.39 Å². The van der Waals surface area contributed by atoms with Gasteiger partial charge in [0.15, 0.2) is 0 Å². The Morgan fingerprint density at radius 2 is 1.87 bits per heavy atom. The van der Waals surface area contributed by atoms with Crippen LogP contribution in [0.3, 0.4) is 0 Å². The van der Waals surface area contributed by atoms with Crippen molar-refractivity contribution in [1.82, 2.24) is 10.2 Å². The first-order valence-corrected chi connectivity index (χ1v) is 7.54. The molecule has 1 aromatic rings. The molecule has 0 unspecified atom stereocenters. The lowest BCUT2D eigenvalue weighted by Crippen LogP contribution is -2.47. The fourth-order valence-corrected chi connectivity index (χ4v) is 2.59. The van der Waals surface area contributed by atoms with Gasteiger partial charge >= 0.3 is 0 Å². The second-order valence-corrected chi connectivity index (χ2v) is 5.73. The SMILES string of the molecule is C[C@H](N)C(=O)N1CCC(C(=O)NCc2ccc(F)cc2)CC1.Cl. The maximum Gasteiger partial charge on any atom is 0.239 e. The number of piperidine rings is 1. The van der Waals surface area contributed by atoms with E-state index < -0.39 is 6.04 Å². The molecule has 0 spiro atoms. The van der Waals surface area contributed by atoms with E-state index in [2.05, 4.69) is 5.32 Å². The molecule has 1 aliphatic rings. The van der Waals surface area contributed by atoms with Crippen molar-refractivity contribution in [1.29, 1.82) is 0 Å². The summed E-state index contributed by atoms with van der Waals surface area (Å²) in [4.78, 5) is 25.6. The molecule has 1 aromatic carbocycles. The Kier molecular flexibility index (Phi) is 7.45. The van der Waals surface area contributed by atoms with Crippen molar-refractivity contribution in [3.8, 4) is 0 Å². The zero-order valence-electron chi connectivity index (χ0n) is 13.1. The number of nitrogens with one attached hydrogen (secondary N) is 1. The Bertz CT molecular complexity index is 529. The van der Waals surface area contributed by atoms with Crippen molar-refractivity contribution < 1.29 is 14.0 Å². The van der Waals surface area contributed by atoms with Crippen LogP contribution in [0.4, 0.5) is 4.39 Å². The summed E-state index contributed by atoms with van der Waals surface area (Å²) < 4.78 is 12.8. The van der Waals surface area contributed by atoms with Crippen molar-refractivity contribution in [2.45, 2.75) is 32.4 Å². The molecule has 7 heteroatoms. The topological polar surface area (TPSA) is 75.4 Å². The van der Waals surface area contributed by atoms with E-state index in [4.69, 9.17) is 5.73 Å². The predicted molar refractivity (Wildman–Crippen MR) is 88.4 cm³/mol. The lowest BCUT2D eigenvalue weighted by molar-refractivity contribution is -0.136. The van der Waals surface area contributed by atoms with Gasteiger partial charge in [0.1, 0.15) is 5.82 Å². The Balaban J connectivity index is 0.00000264. The highest BCUT2D eigenvalue weighted by molar-refractivity contribution is 5.85. The zero-order valence-corrected chi connectivity index (χ0v) is 13.9. The number of benzene rings is 1. The average Bonchev–Trinajstić information content (AvgIpc) is 2.53. The van der Waals surface area contributed by atoms with Gasteiger partial charge in [0, 0.05) is 25.6 Å². The smallest absolute Gasteiger partial charge is 0.239 e. The molecular formula is C16H23ClFN3O2. The molecule has 1 saturated heterocycles. The summed E-state index contributed by atoms with van der Waals surface area (Å²) in [5.41, 5.74) is 6.45. The molecule has 1 atom stereocenters. The molecule has 23 heavy (non-hydrogen) atoms. The number of rotatable bonds is 4. The first-order valence-electron chi connectivity index (χ1n) is 7.54. The van der Waals surface area contributed by atoms with E-state index in [-0.39, 0.29) is 36.0 Å². The monoisotopic (exact) mass is 343 g/mol. The number of carbonyl (C=O) groups excluding carboxylic acids is 2. The molecule has 0 aliphatic carbocycles. The van der Waals surface area contributed by atoms with Crippen LogP contribution < -0.4 is 11.1 Å². The number of nitrogens with two attached hydrogens (primary N) is 1. The fourth-order valence-electron chi connectivity index (χ4n) is 2.59. The number of likely N-dealkylation sites (tertiary alicyclic amines) is 1. The molecule has 1 fully saturated rings. The van der Waals surface area contributed by atoms with Crippen LogP contribution in [0.1, 0.15) is 25.3 Å². The van der Waals surface area contributed by atoms with E-state index in [9.17, 15) is 14.0 Å². The molecule has 0 radical (unpaired) electrons. The normalized spacial score (nSPS) is 16.4. The zero-order chi connectivity index (χ0) is 16.1. The van der Waals surface area contributed by atoms with Crippen LogP contribution in [-0.4, -0.2) is 35.8 Å². The van der Waals surface area contributed by atoms with Crippen molar-refractivity contribution in [3.63, 3.8) is 0 Å². The van der Waals surface area contributed by atoms with Crippen LogP contribution in [0.15, 0.2) is 24.3 Å². The summed E-state index contributed by atoms with van der Waals surface area (Å²) in [7, 11) is 0. The summed E-state index contributed by atoms with van der Waals surface area (Å²) in [5.74, 6) is -0.457. The standard InChI is InChI=1S/C16H22FN3O2.ClH/c1-11(18)16(22)20-8-6-13(7-9-20)15(21)19-10-12-2-4-14(17)5-3-12;/h2-5,11,13H,6-10,18H2,1H3,(H,19,21);1H/t11-;/m0./s1. The van der Waals surface area contributed by atoms with Gasteiger partial charge in [-0.1, -0.05) is 12.1 Å². The molecule has 0 bridgehead atoms. The third kappa shape index (κ3) is 5.48. The number of hydrogen-bond acceptors (Lipinski definition) is 3. The van der Waals surface area contributed by atoms with E-state index in [1.165, 1.54) is 12.1 Å². The number of carbonyl (C=O) groups is 2. The summed E-state index contributed by atoms with van der Waals surface area (Å²) in [6.07, 6.45) is 1.29. The van der Waals surface area contributed by atoms with Crippen LogP contribution in [0.25, 0.3) is 0 Å². The summed E-state index contributed by atoms with van der Waals surface area (Å²) >= 11 is 0. The number of halogens is 2. The van der Waals surface area contributed by atoms with E-state index in [1.807, 2.05) is 0 Å². The molecule has 3 N–H and O–H groups in total. The van der Waals surface area contributed by atoms with Gasteiger partial charge in [-0.15, -0.1) is 12.4 Å². The van der Waals surface area contributed by atoms with Crippen molar-refractivity contribution in [2.75, 3.05) is 13.1 Å². The Labute approximate surface area is 141 Å². The van der Waals surface area contributed by atoms with Gasteiger partial charge in [0.25, 0.3) is 0 Å². The number of hydrogen-bond donors (Lipinski definition) is 2. The molecule has 5 nitrogen and oxygen atoms in total. The molecule has 128 valence electrons. The molecule has 0 aromatic heterocycles. The molecule has 0 saturated carbocycles. The maximum atomic E-state index is 12.8. The minimum absolute atomic E-state index is 0. The number of nitrogens with zero attached hydrogens (tertiary/aromatic N) is 1. The Hall–Kier alpha value is -1.66. The van der Waals surface area contributed by atoms with Crippen LogP contribution >= 0.6 is 12.4 Å². The molecule has 2 rings (SSSR count). The molecular weight excluding hydrogens is 321 g/mol. The third-order valence-corrected chi connectivity index (χ3v) is 3.95. The van der Waals surface area contributed by atoms with E-state index in [0.717, 1.165) is 5.56 Å². The lowest BCUT2D eigenvalue weighted by atomic mass is 9.95. The van der Waals surface area contributed by atoms with Crippen LogP contribution in [-0.2, 0) is 16.1 Å². The average molecular weight is 344 g/mol. The van der Waals surface area contributed by atoms with Gasteiger partial charge in [-0.2, -0.15) is 0 Å². The first kappa shape index (κ1) is 19.4. The fraction of sp³-hybridized carbons (Fsp3) is 0.500. The summed E-state index contributed by atoms with van der Waals surface area (Å²) in [6.45, 7) is 3.19. The highest BCUT2D eigenvalue weighted by atomic mass is 35.5. The molecule has 1 aliphatic heterocycles. The Morgan fingerprint density at radius 1 is 1.30 bits per heavy atom. The van der Waals surface area contributed by atoms with Gasteiger partial charge in [-0.3, -0.25) is 9.59 Å². The minimum Gasteiger partial charge on any atom is -0.352 e. The summed E-state index contributed by atoms with van der Waals surface area (Å²) in [6, 6.07) is 5.56. The molecule has 2 amide bonds. The second-order valence-electron chi connectivity index (χ2n) is 5.73. The van der Waals surface area contributed by atoms with Gasteiger partial charge in [0.05, 0.1) is 6.04 Å². The largest absolute Gasteiger partial charge is 0.352 e. The van der Waals surface area contributed by atoms with Crippen molar-refractivity contribution in [3.05, 3.63) is 35.6 Å². The maximum absolute atomic E-state index is 12.8. The number of amides is 2. The first-order chi connectivity index (χ1) is 10.5. The van der Waals surface area contributed by atoms with Crippen molar-refractivity contribution >= 4 is 24.2 Å². The quantitative estimate of drug-likeness (QED) is 0.868. The van der Waals surface area contributed by atoms with Gasteiger partial charge in [0.2, 0.25) is 11.8 Å². The van der Waals surface area contributed by atoms with E-state index in [0.29, 0.717) is 32.5 Å².